The summed E-state index contributed by atoms with van der Waals surface area (Å²) in [6.07, 6.45) is 3.94. The van der Waals surface area contributed by atoms with Gasteiger partial charge in [-0.3, -0.25) is 0 Å². The molecule has 0 unspecified atom stereocenters. The van der Waals surface area contributed by atoms with Gasteiger partial charge in [0.1, 0.15) is 11.5 Å². The van der Waals surface area contributed by atoms with Gasteiger partial charge in [0.25, 0.3) is 0 Å². The van der Waals surface area contributed by atoms with E-state index in [1.54, 1.807) is 12.1 Å². The van der Waals surface area contributed by atoms with Gasteiger partial charge in [0, 0.05) is 18.0 Å². The van der Waals surface area contributed by atoms with E-state index < -0.39 is 0 Å². The standard InChI is InChI=1S/C16H13FN2/c1-11(2)13-5-8-16-18-15(10-19(16)9-13)12-3-6-14(17)7-4-12/h3-10H,1H2,2H3. The van der Waals surface area contributed by atoms with E-state index in [1.165, 1.54) is 12.1 Å². The Hall–Kier alpha value is -2.42. The molecule has 0 aliphatic rings. The fraction of sp³-hybridized carbons (Fsp3) is 0.0625. The number of pyridine rings is 1. The van der Waals surface area contributed by atoms with Crippen LogP contribution in [0.2, 0.25) is 0 Å². The molecule has 0 radical (unpaired) electrons. The summed E-state index contributed by atoms with van der Waals surface area (Å²) in [5.74, 6) is -0.239. The average molecular weight is 252 g/mol. The molecule has 3 aromatic rings. The van der Waals surface area contributed by atoms with Crippen LogP contribution in [0.25, 0.3) is 22.5 Å². The van der Waals surface area contributed by atoms with Gasteiger partial charge in [-0.15, -0.1) is 0 Å². The smallest absolute Gasteiger partial charge is 0.137 e. The normalized spacial score (nSPS) is 10.8. The summed E-state index contributed by atoms with van der Waals surface area (Å²) in [5, 5.41) is 0. The highest BCUT2D eigenvalue weighted by atomic mass is 19.1. The first kappa shape index (κ1) is 11.7. The van der Waals surface area contributed by atoms with Gasteiger partial charge in [-0.25, -0.2) is 9.37 Å². The molecule has 1 aromatic carbocycles. The summed E-state index contributed by atoms with van der Waals surface area (Å²) < 4.78 is 14.9. The first-order valence-corrected chi connectivity index (χ1v) is 6.04. The molecule has 0 bridgehead atoms. The Bertz CT molecular complexity index is 754. The largest absolute Gasteiger partial charge is 0.306 e. The van der Waals surface area contributed by atoms with Crippen molar-refractivity contribution < 1.29 is 4.39 Å². The second-order valence-electron chi connectivity index (χ2n) is 4.60. The third kappa shape index (κ3) is 2.15. The monoisotopic (exact) mass is 252 g/mol. The predicted octanol–water partition coefficient (Wildman–Crippen LogP) is 4.17. The van der Waals surface area contributed by atoms with Gasteiger partial charge < -0.3 is 4.40 Å². The molecule has 0 spiro atoms. The molecular formula is C16H13FN2. The quantitative estimate of drug-likeness (QED) is 0.669. The van der Waals surface area contributed by atoms with Crippen molar-refractivity contribution >= 4 is 11.2 Å². The maximum absolute atomic E-state index is 12.9. The van der Waals surface area contributed by atoms with Crippen LogP contribution in [0.4, 0.5) is 4.39 Å². The van der Waals surface area contributed by atoms with Crippen LogP contribution in [0, 0.1) is 5.82 Å². The van der Waals surface area contributed by atoms with Crippen LogP contribution in [0.1, 0.15) is 12.5 Å². The molecule has 0 N–H and O–H groups in total. The minimum atomic E-state index is -0.239. The molecular weight excluding hydrogens is 239 g/mol. The molecule has 2 heterocycles. The summed E-state index contributed by atoms with van der Waals surface area (Å²) in [6, 6.07) is 10.3. The Kier molecular flexibility index (Phi) is 2.67. The third-order valence-electron chi connectivity index (χ3n) is 3.08. The van der Waals surface area contributed by atoms with Crippen molar-refractivity contribution in [3.8, 4) is 11.3 Å². The van der Waals surface area contributed by atoms with Crippen LogP contribution >= 0.6 is 0 Å². The van der Waals surface area contributed by atoms with Crippen LogP contribution in [0.3, 0.4) is 0 Å². The van der Waals surface area contributed by atoms with Gasteiger partial charge in [-0.1, -0.05) is 6.58 Å². The summed E-state index contributed by atoms with van der Waals surface area (Å²) >= 11 is 0. The molecule has 0 aliphatic carbocycles. The van der Waals surface area contributed by atoms with Gasteiger partial charge in [0.05, 0.1) is 5.69 Å². The number of nitrogens with zero attached hydrogens (tertiary/aromatic N) is 2. The molecule has 3 rings (SSSR count). The summed E-state index contributed by atoms with van der Waals surface area (Å²) in [5.41, 5.74) is 4.69. The van der Waals surface area contributed by atoms with Crippen molar-refractivity contribution in [1.29, 1.82) is 0 Å². The lowest BCUT2D eigenvalue weighted by Gasteiger charge is -1.99. The number of halogens is 1. The molecule has 0 aliphatic heterocycles. The average Bonchev–Trinajstić information content (AvgIpc) is 2.82. The number of fused-ring (bicyclic) bond motifs is 1. The lowest BCUT2D eigenvalue weighted by atomic mass is 10.1. The van der Waals surface area contributed by atoms with E-state index in [-0.39, 0.29) is 5.82 Å². The maximum Gasteiger partial charge on any atom is 0.137 e. The SMILES string of the molecule is C=C(C)c1ccc2nc(-c3ccc(F)cc3)cn2c1. The molecule has 0 amide bonds. The fourth-order valence-electron chi connectivity index (χ4n) is 2.00. The number of hydrogen-bond donors (Lipinski definition) is 0. The number of benzene rings is 1. The van der Waals surface area contributed by atoms with Crippen molar-refractivity contribution in [1.82, 2.24) is 9.38 Å². The van der Waals surface area contributed by atoms with E-state index in [4.69, 9.17) is 0 Å². The first-order valence-electron chi connectivity index (χ1n) is 6.04. The molecule has 0 fully saturated rings. The lowest BCUT2D eigenvalue weighted by Crippen LogP contribution is -1.85. The Morgan fingerprint density at radius 2 is 1.84 bits per heavy atom. The molecule has 2 nitrogen and oxygen atoms in total. The van der Waals surface area contributed by atoms with Gasteiger partial charge >= 0.3 is 0 Å². The lowest BCUT2D eigenvalue weighted by molar-refractivity contribution is 0.628. The van der Waals surface area contributed by atoms with Crippen molar-refractivity contribution in [3.05, 3.63) is 66.8 Å². The highest BCUT2D eigenvalue weighted by molar-refractivity contribution is 5.66. The minimum Gasteiger partial charge on any atom is -0.306 e. The van der Waals surface area contributed by atoms with Gasteiger partial charge in [0.15, 0.2) is 0 Å². The Morgan fingerprint density at radius 1 is 1.11 bits per heavy atom. The van der Waals surface area contributed by atoms with E-state index in [1.807, 2.05) is 35.9 Å². The van der Waals surface area contributed by atoms with E-state index in [0.717, 1.165) is 28.0 Å². The molecule has 94 valence electrons. The fourth-order valence-corrected chi connectivity index (χ4v) is 2.00. The molecule has 3 heteroatoms. The van der Waals surface area contributed by atoms with Crippen LogP contribution in [-0.2, 0) is 0 Å². The van der Waals surface area contributed by atoms with Gasteiger partial charge in [-0.2, -0.15) is 0 Å². The van der Waals surface area contributed by atoms with Crippen molar-refractivity contribution in [3.63, 3.8) is 0 Å². The van der Waals surface area contributed by atoms with Crippen LogP contribution < -0.4 is 0 Å². The zero-order chi connectivity index (χ0) is 13.4. The number of hydrogen-bond acceptors (Lipinski definition) is 1. The zero-order valence-corrected chi connectivity index (χ0v) is 10.6. The van der Waals surface area contributed by atoms with Gasteiger partial charge in [-0.05, 0) is 54.5 Å². The predicted molar refractivity (Wildman–Crippen MR) is 75.3 cm³/mol. The van der Waals surface area contributed by atoms with Crippen molar-refractivity contribution in [2.45, 2.75) is 6.92 Å². The van der Waals surface area contributed by atoms with Crippen molar-refractivity contribution in [2.24, 2.45) is 0 Å². The Morgan fingerprint density at radius 3 is 2.53 bits per heavy atom. The van der Waals surface area contributed by atoms with E-state index in [0.29, 0.717) is 0 Å². The second kappa shape index (κ2) is 4.35. The van der Waals surface area contributed by atoms with Crippen molar-refractivity contribution in [2.75, 3.05) is 0 Å². The molecule has 0 saturated heterocycles. The van der Waals surface area contributed by atoms with E-state index in [9.17, 15) is 4.39 Å². The number of rotatable bonds is 2. The molecule has 19 heavy (non-hydrogen) atoms. The minimum absolute atomic E-state index is 0.239. The molecule has 0 saturated carbocycles. The van der Waals surface area contributed by atoms with Crippen LogP contribution in [0.15, 0.2) is 55.4 Å². The van der Waals surface area contributed by atoms with E-state index in [2.05, 4.69) is 11.6 Å². The molecule has 0 atom stereocenters. The summed E-state index contributed by atoms with van der Waals surface area (Å²) in [4.78, 5) is 4.52. The zero-order valence-electron chi connectivity index (χ0n) is 10.6. The topological polar surface area (TPSA) is 17.3 Å². The summed E-state index contributed by atoms with van der Waals surface area (Å²) in [6.45, 7) is 5.90. The van der Waals surface area contributed by atoms with Crippen LogP contribution in [0.5, 0.6) is 0 Å². The second-order valence-corrected chi connectivity index (χ2v) is 4.60. The highest BCUT2D eigenvalue weighted by Gasteiger charge is 2.05. The van der Waals surface area contributed by atoms with E-state index >= 15 is 0 Å². The third-order valence-corrected chi connectivity index (χ3v) is 3.08. The first-order chi connectivity index (χ1) is 9.13. The van der Waals surface area contributed by atoms with Gasteiger partial charge in [0.2, 0.25) is 0 Å². The maximum atomic E-state index is 12.9. The number of aromatic nitrogens is 2. The number of imidazole rings is 1. The number of allylic oxidation sites excluding steroid dienone is 1. The summed E-state index contributed by atoms with van der Waals surface area (Å²) in [7, 11) is 0. The Balaban J connectivity index is 2.11. The van der Waals surface area contributed by atoms with Crippen LogP contribution in [-0.4, -0.2) is 9.38 Å². The highest BCUT2D eigenvalue weighted by Crippen LogP contribution is 2.21. The molecule has 2 aromatic heterocycles. The Labute approximate surface area is 110 Å².